The molecule has 1 aliphatic heterocycles. The normalized spacial score (nSPS) is 13.2. The number of hydrazone groups is 1. The average molecular weight is 404 g/mol. The van der Waals surface area contributed by atoms with E-state index in [1.807, 2.05) is 17.1 Å². The number of H-pyrrole nitrogens is 1. The average Bonchev–Trinajstić information content (AvgIpc) is 3.02. The standard InChI is InChI=1S/C17H12BrF2N5/c18-15-5-4-10(6-21-15)8-25-9-14-13(7-22-25)23-17(24-14)11-2-1-3-12(19)16(11)20/h1-7H,8-9H2,(H,23,24). The molecule has 2 aromatic heterocycles. The molecule has 8 heteroatoms. The third-order valence-corrected chi connectivity index (χ3v) is 4.32. The third kappa shape index (κ3) is 3.17. The lowest BCUT2D eigenvalue weighted by atomic mass is 10.2. The predicted octanol–water partition coefficient (Wildman–Crippen LogP) is 3.86. The monoisotopic (exact) mass is 403 g/mol. The molecule has 0 amide bonds. The van der Waals surface area contributed by atoms with Crippen LogP contribution in [-0.2, 0) is 13.1 Å². The summed E-state index contributed by atoms with van der Waals surface area (Å²) in [6.45, 7) is 1.07. The Kier molecular flexibility index (Phi) is 4.04. The molecule has 0 radical (unpaired) electrons. The Hall–Kier alpha value is -2.61. The number of nitrogens with zero attached hydrogens (tertiary/aromatic N) is 4. The lowest BCUT2D eigenvalue weighted by molar-refractivity contribution is 0.264. The van der Waals surface area contributed by atoms with E-state index in [1.54, 1.807) is 12.4 Å². The molecular weight excluding hydrogens is 392 g/mol. The van der Waals surface area contributed by atoms with Gasteiger partial charge in [0.15, 0.2) is 11.6 Å². The van der Waals surface area contributed by atoms with Gasteiger partial charge in [0.1, 0.15) is 16.1 Å². The van der Waals surface area contributed by atoms with E-state index in [0.717, 1.165) is 21.9 Å². The number of rotatable bonds is 3. The zero-order chi connectivity index (χ0) is 17.4. The van der Waals surface area contributed by atoms with E-state index < -0.39 is 11.6 Å². The topological polar surface area (TPSA) is 57.2 Å². The van der Waals surface area contributed by atoms with Crippen molar-refractivity contribution in [2.24, 2.45) is 5.10 Å². The Labute approximate surface area is 150 Å². The van der Waals surface area contributed by atoms with Gasteiger partial charge in [0.05, 0.1) is 30.6 Å². The highest BCUT2D eigenvalue weighted by atomic mass is 79.9. The fourth-order valence-electron chi connectivity index (χ4n) is 2.63. The van der Waals surface area contributed by atoms with E-state index in [1.165, 1.54) is 12.1 Å². The van der Waals surface area contributed by atoms with Gasteiger partial charge < -0.3 is 4.98 Å². The second-order valence-corrected chi connectivity index (χ2v) is 6.42. The van der Waals surface area contributed by atoms with Gasteiger partial charge in [-0.15, -0.1) is 0 Å². The lowest BCUT2D eigenvalue weighted by Crippen LogP contribution is -2.21. The number of aromatic amines is 1. The summed E-state index contributed by atoms with van der Waals surface area (Å²) in [5.74, 6) is -1.52. The summed E-state index contributed by atoms with van der Waals surface area (Å²) in [6, 6.07) is 7.86. The summed E-state index contributed by atoms with van der Waals surface area (Å²) >= 11 is 3.30. The SMILES string of the molecule is Fc1cccc(-c2nc3c([nH]2)CN(Cc2ccc(Br)nc2)N=C3)c1F. The fourth-order valence-corrected chi connectivity index (χ4v) is 2.87. The molecule has 0 unspecified atom stereocenters. The van der Waals surface area contributed by atoms with Crippen molar-refractivity contribution in [3.05, 3.63) is 69.7 Å². The van der Waals surface area contributed by atoms with Crippen LogP contribution < -0.4 is 0 Å². The zero-order valence-electron chi connectivity index (χ0n) is 12.9. The maximum atomic E-state index is 14.0. The summed E-state index contributed by atoms with van der Waals surface area (Å²) in [5, 5.41) is 6.20. The van der Waals surface area contributed by atoms with Crippen LogP contribution in [0.25, 0.3) is 11.4 Å². The van der Waals surface area contributed by atoms with E-state index in [4.69, 9.17) is 0 Å². The smallest absolute Gasteiger partial charge is 0.169 e. The van der Waals surface area contributed by atoms with Crippen LogP contribution in [0.4, 0.5) is 8.78 Å². The van der Waals surface area contributed by atoms with Crippen molar-refractivity contribution in [2.75, 3.05) is 0 Å². The van der Waals surface area contributed by atoms with Crippen LogP contribution in [0.5, 0.6) is 0 Å². The van der Waals surface area contributed by atoms with Crippen molar-refractivity contribution >= 4 is 22.1 Å². The van der Waals surface area contributed by atoms with E-state index in [0.29, 0.717) is 24.6 Å². The first-order chi connectivity index (χ1) is 12.1. The highest BCUT2D eigenvalue weighted by Gasteiger charge is 2.20. The van der Waals surface area contributed by atoms with Gasteiger partial charge in [-0.05, 0) is 39.7 Å². The van der Waals surface area contributed by atoms with Crippen LogP contribution in [-0.4, -0.2) is 26.2 Å². The number of aromatic nitrogens is 3. The molecule has 1 aromatic carbocycles. The molecule has 1 aliphatic rings. The molecule has 25 heavy (non-hydrogen) atoms. The van der Waals surface area contributed by atoms with E-state index in [2.05, 4.69) is 36.0 Å². The summed E-state index contributed by atoms with van der Waals surface area (Å²) in [4.78, 5) is 11.6. The number of benzene rings is 1. The Bertz CT molecular complexity index is 952. The third-order valence-electron chi connectivity index (χ3n) is 3.86. The Morgan fingerprint density at radius 3 is 2.88 bits per heavy atom. The number of imidazole rings is 1. The van der Waals surface area contributed by atoms with Crippen molar-refractivity contribution < 1.29 is 8.78 Å². The van der Waals surface area contributed by atoms with Gasteiger partial charge in [0, 0.05) is 6.20 Å². The van der Waals surface area contributed by atoms with Crippen LogP contribution in [0.3, 0.4) is 0 Å². The first-order valence-corrected chi connectivity index (χ1v) is 8.32. The van der Waals surface area contributed by atoms with Crippen LogP contribution in [0, 0.1) is 11.6 Å². The zero-order valence-corrected chi connectivity index (χ0v) is 14.5. The van der Waals surface area contributed by atoms with Crippen LogP contribution in [0.15, 0.2) is 46.2 Å². The number of hydrogen-bond donors (Lipinski definition) is 1. The maximum Gasteiger partial charge on any atom is 0.169 e. The molecule has 0 atom stereocenters. The summed E-state index contributed by atoms with van der Waals surface area (Å²) in [7, 11) is 0. The molecule has 3 heterocycles. The molecule has 0 fully saturated rings. The molecule has 5 nitrogen and oxygen atoms in total. The number of nitrogens with one attached hydrogen (secondary N) is 1. The number of fused-ring (bicyclic) bond motifs is 1. The number of pyridine rings is 1. The molecule has 0 saturated heterocycles. The molecule has 1 N–H and O–H groups in total. The summed E-state index contributed by atoms with van der Waals surface area (Å²) in [6.07, 6.45) is 3.39. The molecule has 0 saturated carbocycles. The molecule has 0 aliphatic carbocycles. The highest BCUT2D eigenvalue weighted by Crippen LogP contribution is 2.25. The van der Waals surface area contributed by atoms with E-state index in [9.17, 15) is 8.78 Å². The van der Waals surface area contributed by atoms with Crippen molar-refractivity contribution in [1.82, 2.24) is 20.0 Å². The van der Waals surface area contributed by atoms with Crippen LogP contribution in [0.1, 0.15) is 17.0 Å². The van der Waals surface area contributed by atoms with Crippen LogP contribution >= 0.6 is 15.9 Å². The maximum absolute atomic E-state index is 14.0. The van der Waals surface area contributed by atoms with E-state index in [-0.39, 0.29) is 5.56 Å². The fraction of sp³-hybridized carbons (Fsp3) is 0.118. The molecule has 0 bridgehead atoms. The second kappa shape index (κ2) is 6.36. The van der Waals surface area contributed by atoms with Crippen molar-refractivity contribution in [1.29, 1.82) is 0 Å². The number of halogens is 3. The van der Waals surface area contributed by atoms with Gasteiger partial charge in [-0.25, -0.2) is 18.7 Å². The van der Waals surface area contributed by atoms with Gasteiger partial charge in [-0.3, -0.25) is 5.01 Å². The van der Waals surface area contributed by atoms with Gasteiger partial charge in [0.2, 0.25) is 0 Å². The van der Waals surface area contributed by atoms with E-state index >= 15 is 0 Å². The van der Waals surface area contributed by atoms with Gasteiger partial charge in [-0.1, -0.05) is 12.1 Å². The van der Waals surface area contributed by atoms with Gasteiger partial charge >= 0.3 is 0 Å². The molecule has 126 valence electrons. The minimum absolute atomic E-state index is 0.103. The Morgan fingerprint density at radius 1 is 1.20 bits per heavy atom. The van der Waals surface area contributed by atoms with Crippen molar-refractivity contribution in [2.45, 2.75) is 13.1 Å². The second-order valence-electron chi connectivity index (χ2n) is 5.61. The largest absolute Gasteiger partial charge is 0.340 e. The Balaban J connectivity index is 1.57. The van der Waals surface area contributed by atoms with Gasteiger partial charge in [0.25, 0.3) is 0 Å². The minimum atomic E-state index is -0.914. The quantitative estimate of drug-likeness (QED) is 0.675. The first kappa shape index (κ1) is 15.9. The van der Waals surface area contributed by atoms with Crippen molar-refractivity contribution in [3.63, 3.8) is 0 Å². The van der Waals surface area contributed by atoms with Gasteiger partial charge in [-0.2, -0.15) is 5.10 Å². The molecule has 3 aromatic rings. The lowest BCUT2D eigenvalue weighted by Gasteiger charge is -2.21. The Morgan fingerprint density at radius 2 is 2.08 bits per heavy atom. The highest BCUT2D eigenvalue weighted by molar-refractivity contribution is 9.10. The summed E-state index contributed by atoms with van der Waals surface area (Å²) < 4.78 is 28.2. The van der Waals surface area contributed by atoms with Crippen molar-refractivity contribution in [3.8, 4) is 11.4 Å². The summed E-state index contributed by atoms with van der Waals surface area (Å²) in [5.41, 5.74) is 2.55. The molecule has 0 spiro atoms. The minimum Gasteiger partial charge on any atom is -0.340 e. The number of hydrogen-bond acceptors (Lipinski definition) is 4. The van der Waals surface area contributed by atoms with Crippen LogP contribution in [0.2, 0.25) is 0 Å². The molecular formula is C17H12BrF2N5. The first-order valence-electron chi connectivity index (χ1n) is 7.53. The molecule has 4 rings (SSSR count). The predicted molar refractivity (Wildman–Crippen MR) is 92.7 cm³/mol.